The Kier molecular flexibility index (Phi) is 5.74. The molecule has 0 bridgehead atoms. The second-order valence-corrected chi connectivity index (χ2v) is 6.25. The second kappa shape index (κ2) is 8.39. The first-order chi connectivity index (χ1) is 13.5. The van der Waals surface area contributed by atoms with Gasteiger partial charge in [0.1, 0.15) is 5.75 Å². The number of amides is 1. The van der Waals surface area contributed by atoms with Crippen molar-refractivity contribution < 1.29 is 19.4 Å². The molecule has 1 heterocycles. The van der Waals surface area contributed by atoms with Crippen molar-refractivity contribution in [3.63, 3.8) is 0 Å². The van der Waals surface area contributed by atoms with Crippen molar-refractivity contribution >= 4 is 28.5 Å². The van der Waals surface area contributed by atoms with Gasteiger partial charge in [-0.1, -0.05) is 18.2 Å². The predicted molar refractivity (Wildman–Crippen MR) is 103 cm³/mol. The SMILES string of the molecule is COc1ccc(N(Cc2cc(=O)[nH]c3ccccc23)C(=O)CCC(=O)[O-])cc1. The number of aliphatic carboxylic acids is 1. The van der Waals surface area contributed by atoms with Gasteiger partial charge in [-0.3, -0.25) is 9.59 Å². The molecule has 0 radical (unpaired) electrons. The molecule has 3 aromatic rings. The van der Waals surface area contributed by atoms with Gasteiger partial charge in [0.05, 0.1) is 13.7 Å². The molecular weight excluding hydrogens is 360 g/mol. The molecule has 1 N–H and O–H groups in total. The van der Waals surface area contributed by atoms with E-state index in [0.29, 0.717) is 22.5 Å². The van der Waals surface area contributed by atoms with E-state index in [4.69, 9.17) is 4.74 Å². The van der Waals surface area contributed by atoms with E-state index in [2.05, 4.69) is 4.98 Å². The van der Waals surface area contributed by atoms with Crippen molar-refractivity contribution in [1.82, 2.24) is 4.98 Å². The summed E-state index contributed by atoms with van der Waals surface area (Å²) in [5.74, 6) is -1.03. The molecule has 1 aromatic heterocycles. The summed E-state index contributed by atoms with van der Waals surface area (Å²) in [7, 11) is 1.54. The average Bonchev–Trinajstić information content (AvgIpc) is 2.70. The molecule has 2 aromatic carbocycles. The molecule has 0 unspecified atom stereocenters. The second-order valence-electron chi connectivity index (χ2n) is 6.25. The van der Waals surface area contributed by atoms with Crippen LogP contribution in [0.2, 0.25) is 0 Å². The summed E-state index contributed by atoms with van der Waals surface area (Å²) in [4.78, 5) is 39.8. The van der Waals surface area contributed by atoms with Crippen LogP contribution in [-0.4, -0.2) is 24.0 Å². The summed E-state index contributed by atoms with van der Waals surface area (Å²) in [6.07, 6.45) is -0.572. The summed E-state index contributed by atoms with van der Waals surface area (Å²) in [6.45, 7) is 0.128. The molecule has 3 rings (SSSR count). The Morgan fingerprint density at radius 3 is 2.46 bits per heavy atom. The zero-order valence-corrected chi connectivity index (χ0v) is 15.3. The maximum atomic E-state index is 12.7. The van der Waals surface area contributed by atoms with Crippen LogP contribution in [0, 0.1) is 0 Å². The third-order valence-electron chi connectivity index (χ3n) is 4.39. The maximum Gasteiger partial charge on any atom is 0.248 e. The number of carbonyl (C=O) groups excluding carboxylic acids is 2. The lowest BCUT2D eigenvalue weighted by Gasteiger charge is -2.24. The van der Waals surface area contributed by atoms with Crippen LogP contribution in [0.3, 0.4) is 0 Å². The Morgan fingerprint density at radius 1 is 1.07 bits per heavy atom. The minimum atomic E-state index is -1.29. The van der Waals surface area contributed by atoms with E-state index in [9.17, 15) is 19.5 Å². The predicted octanol–water partition coefficient (Wildman–Crippen LogP) is 1.60. The molecule has 0 saturated carbocycles. The maximum absolute atomic E-state index is 12.7. The van der Waals surface area contributed by atoms with Gasteiger partial charge in [-0.2, -0.15) is 0 Å². The highest BCUT2D eigenvalue weighted by molar-refractivity contribution is 5.95. The number of hydrogen-bond acceptors (Lipinski definition) is 5. The molecule has 0 spiro atoms. The van der Waals surface area contributed by atoms with E-state index in [0.717, 1.165) is 5.39 Å². The highest BCUT2D eigenvalue weighted by Gasteiger charge is 2.18. The summed E-state index contributed by atoms with van der Waals surface area (Å²) in [5.41, 5.74) is 1.64. The molecule has 0 fully saturated rings. The Labute approximate surface area is 161 Å². The zero-order chi connectivity index (χ0) is 20.1. The minimum Gasteiger partial charge on any atom is -0.550 e. The van der Waals surface area contributed by atoms with Crippen LogP contribution in [0.5, 0.6) is 5.75 Å². The molecular formula is C21H19N2O5-. The van der Waals surface area contributed by atoms with Crippen LogP contribution in [-0.2, 0) is 16.1 Å². The number of methoxy groups -OCH3 is 1. The van der Waals surface area contributed by atoms with Gasteiger partial charge in [-0.15, -0.1) is 0 Å². The standard InChI is InChI=1S/C21H20N2O5/c1-28-16-8-6-15(7-9-16)23(20(25)10-11-21(26)27)13-14-12-19(24)22-18-5-3-2-4-17(14)18/h2-9,12H,10-11,13H2,1H3,(H,22,24)(H,26,27)/p-1. The number of H-pyrrole nitrogens is 1. The summed E-state index contributed by atoms with van der Waals surface area (Å²) < 4.78 is 5.15. The first kappa shape index (κ1) is 19.2. The fraction of sp³-hybridized carbons (Fsp3) is 0.190. The zero-order valence-electron chi connectivity index (χ0n) is 15.3. The number of fused-ring (bicyclic) bond motifs is 1. The number of benzene rings is 2. The fourth-order valence-electron chi connectivity index (χ4n) is 3.01. The van der Waals surface area contributed by atoms with Crippen LogP contribution in [0.15, 0.2) is 59.4 Å². The molecule has 0 atom stereocenters. The lowest BCUT2D eigenvalue weighted by Crippen LogP contribution is -2.32. The topological polar surface area (TPSA) is 103 Å². The van der Waals surface area contributed by atoms with E-state index >= 15 is 0 Å². The largest absolute Gasteiger partial charge is 0.550 e. The van der Waals surface area contributed by atoms with Crippen molar-refractivity contribution in [1.29, 1.82) is 0 Å². The fourth-order valence-corrected chi connectivity index (χ4v) is 3.01. The van der Waals surface area contributed by atoms with Crippen molar-refractivity contribution in [2.45, 2.75) is 19.4 Å². The lowest BCUT2D eigenvalue weighted by atomic mass is 10.1. The Morgan fingerprint density at radius 2 is 1.79 bits per heavy atom. The first-order valence-electron chi connectivity index (χ1n) is 8.73. The van der Waals surface area contributed by atoms with E-state index in [1.807, 2.05) is 18.2 Å². The van der Waals surface area contributed by atoms with Crippen LogP contribution >= 0.6 is 0 Å². The number of carboxylic acid groups (broad SMARTS) is 1. The normalized spacial score (nSPS) is 10.6. The smallest absolute Gasteiger partial charge is 0.248 e. The van der Waals surface area contributed by atoms with Gasteiger partial charge >= 0.3 is 0 Å². The Hall–Kier alpha value is -3.61. The van der Waals surface area contributed by atoms with E-state index in [1.54, 1.807) is 37.4 Å². The number of pyridine rings is 1. The monoisotopic (exact) mass is 379 g/mol. The number of anilines is 1. The van der Waals surface area contributed by atoms with E-state index < -0.39 is 5.97 Å². The molecule has 28 heavy (non-hydrogen) atoms. The van der Waals surface area contributed by atoms with Gasteiger partial charge in [-0.05, 0) is 42.3 Å². The summed E-state index contributed by atoms with van der Waals surface area (Å²) in [5, 5.41) is 11.6. The molecule has 0 aliphatic rings. The van der Waals surface area contributed by atoms with Gasteiger partial charge in [0.15, 0.2) is 0 Å². The molecule has 0 aliphatic heterocycles. The van der Waals surface area contributed by atoms with Gasteiger partial charge in [0.25, 0.3) is 0 Å². The molecule has 0 aliphatic carbocycles. The number of hydrogen-bond donors (Lipinski definition) is 1. The number of rotatable bonds is 7. The average molecular weight is 379 g/mol. The Bertz CT molecular complexity index is 1060. The third-order valence-corrected chi connectivity index (χ3v) is 4.39. The van der Waals surface area contributed by atoms with Crippen molar-refractivity contribution in [3.05, 3.63) is 70.5 Å². The molecule has 144 valence electrons. The van der Waals surface area contributed by atoms with Gasteiger partial charge in [0, 0.05) is 35.0 Å². The highest BCUT2D eigenvalue weighted by atomic mass is 16.5. The third kappa shape index (κ3) is 4.37. The number of aromatic amines is 1. The molecule has 1 amide bonds. The molecule has 7 heteroatoms. The number of carboxylic acids is 1. The first-order valence-corrected chi connectivity index (χ1v) is 8.73. The van der Waals surface area contributed by atoms with Gasteiger partial charge < -0.3 is 24.5 Å². The van der Waals surface area contributed by atoms with E-state index in [1.165, 1.54) is 11.0 Å². The lowest BCUT2D eigenvalue weighted by molar-refractivity contribution is -0.305. The van der Waals surface area contributed by atoms with Crippen molar-refractivity contribution in [2.75, 3.05) is 12.0 Å². The summed E-state index contributed by atoms with van der Waals surface area (Å²) >= 11 is 0. The Balaban J connectivity index is 2.00. The number of nitrogens with zero attached hydrogens (tertiary/aromatic N) is 1. The van der Waals surface area contributed by atoms with Crippen LogP contribution in [0.1, 0.15) is 18.4 Å². The van der Waals surface area contributed by atoms with Gasteiger partial charge in [0.2, 0.25) is 11.5 Å². The van der Waals surface area contributed by atoms with Gasteiger partial charge in [-0.25, -0.2) is 0 Å². The van der Waals surface area contributed by atoms with Crippen LogP contribution in [0.25, 0.3) is 10.9 Å². The summed E-state index contributed by atoms with van der Waals surface area (Å²) in [6, 6.07) is 15.6. The highest BCUT2D eigenvalue weighted by Crippen LogP contribution is 2.24. The quantitative estimate of drug-likeness (QED) is 0.672. The number of nitrogens with one attached hydrogen (secondary N) is 1. The number of para-hydroxylation sites is 1. The van der Waals surface area contributed by atoms with Crippen LogP contribution < -0.4 is 20.3 Å². The van der Waals surface area contributed by atoms with Crippen LogP contribution in [0.4, 0.5) is 5.69 Å². The number of ether oxygens (including phenoxy) is 1. The van der Waals surface area contributed by atoms with Crippen molar-refractivity contribution in [2.24, 2.45) is 0 Å². The van der Waals surface area contributed by atoms with Crippen molar-refractivity contribution in [3.8, 4) is 5.75 Å². The number of aromatic nitrogens is 1. The molecule has 7 nitrogen and oxygen atoms in total. The minimum absolute atomic E-state index is 0.128. The van der Waals surface area contributed by atoms with E-state index in [-0.39, 0.29) is 30.9 Å². The number of carbonyl (C=O) groups is 2. The molecule has 0 saturated heterocycles.